The summed E-state index contributed by atoms with van der Waals surface area (Å²) < 4.78 is 39.4. The van der Waals surface area contributed by atoms with E-state index in [1.807, 2.05) is 36.4 Å². The summed E-state index contributed by atoms with van der Waals surface area (Å²) in [5.74, 6) is -2.06. The van der Waals surface area contributed by atoms with Gasteiger partial charge in [-0.25, -0.2) is 13.4 Å². The van der Waals surface area contributed by atoms with Crippen LogP contribution in [0.25, 0.3) is 22.2 Å². The van der Waals surface area contributed by atoms with Gasteiger partial charge < -0.3 is 25.0 Å². The van der Waals surface area contributed by atoms with Crippen LogP contribution in [0.4, 0.5) is 0 Å². The minimum atomic E-state index is -3.89. The number of rotatable bonds is 13. The zero-order valence-electron chi connectivity index (χ0n) is 27.8. The number of hydrogen-bond donors (Lipinski definition) is 3. The number of likely N-dealkylation sites (tertiary alicyclic amines) is 1. The molecule has 1 aliphatic heterocycles. The van der Waals surface area contributed by atoms with E-state index in [0.29, 0.717) is 40.9 Å². The molecule has 3 aromatic rings. The molecule has 0 radical (unpaired) electrons. The van der Waals surface area contributed by atoms with Gasteiger partial charge in [-0.2, -0.15) is 0 Å². The number of ether oxygens (including phenoxy) is 2. The highest BCUT2D eigenvalue weighted by Gasteiger charge is 2.62. The molecule has 3 aliphatic rings. The second-order valence-corrected chi connectivity index (χ2v) is 14.8. The first-order valence-electron chi connectivity index (χ1n) is 16.3. The average Bonchev–Trinajstić information content (AvgIpc) is 4.04. The lowest BCUT2D eigenvalue weighted by Crippen LogP contribution is -2.58. The van der Waals surface area contributed by atoms with Crippen LogP contribution in [0.5, 0.6) is 11.5 Å². The molecule has 5 atom stereocenters. The van der Waals surface area contributed by atoms with E-state index < -0.39 is 68.5 Å². The highest BCUT2D eigenvalue weighted by molar-refractivity contribution is 7.91. The third kappa shape index (κ3) is 6.93. The lowest BCUT2D eigenvalue weighted by molar-refractivity contribution is -0.141. The van der Waals surface area contributed by atoms with Crippen molar-refractivity contribution in [1.29, 1.82) is 0 Å². The monoisotopic (exact) mass is 701 g/mol. The first kappa shape index (κ1) is 34.6. The second-order valence-electron chi connectivity index (χ2n) is 12.9. The van der Waals surface area contributed by atoms with E-state index in [-0.39, 0.29) is 19.4 Å². The van der Waals surface area contributed by atoms with Crippen molar-refractivity contribution < 1.29 is 37.1 Å². The van der Waals surface area contributed by atoms with Crippen LogP contribution in [-0.4, -0.2) is 84.6 Å². The van der Waals surface area contributed by atoms with Crippen molar-refractivity contribution in [2.75, 3.05) is 13.7 Å². The van der Waals surface area contributed by atoms with Crippen LogP contribution in [0.15, 0.2) is 79.9 Å². The van der Waals surface area contributed by atoms with E-state index in [2.05, 4.69) is 28.5 Å². The number of nitrogens with one attached hydrogen (secondary N) is 3. The van der Waals surface area contributed by atoms with Crippen molar-refractivity contribution >= 4 is 44.6 Å². The SMILES string of the molecule is C=CC(=O)N[C@H](C)C(=O)N1C[C@H](Oc2cc(-c3ccccc3)nc3cc(OC)ccc23)C[C@H]1C(=O)N[C@]1(C(=O)NS(=O)(=O)C2CC2)C[C@H]1C=C. The highest BCUT2D eigenvalue weighted by atomic mass is 32.2. The van der Waals surface area contributed by atoms with Crippen molar-refractivity contribution in [3.63, 3.8) is 0 Å². The Morgan fingerprint density at radius 2 is 1.82 bits per heavy atom. The standard InChI is InChI=1S/C36H39N5O8S/c1-5-23-19-36(23,35(45)40-50(46,47)26-13-14-26)39-33(43)30-17-25(20-41(30)34(44)21(3)37-32(42)6-2)49-31-18-28(22-10-8-7-9-11-22)38-29-16-24(48-4)12-15-27(29)31/h5-12,15-16,18,21,23,25-26,30H,1-2,13-14,17,19-20H2,3-4H3,(H,37,42)(H,39,43)(H,40,45)/t21-,23-,25-,30+,36-/m1/s1. The molecular formula is C36H39N5O8S. The van der Waals surface area contributed by atoms with E-state index in [1.165, 1.54) is 17.9 Å². The average molecular weight is 702 g/mol. The zero-order chi connectivity index (χ0) is 35.8. The summed E-state index contributed by atoms with van der Waals surface area (Å²) in [6, 6.07) is 14.6. The Hall–Kier alpha value is -5.24. The van der Waals surface area contributed by atoms with Gasteiger partial charge in [-0.3, -0.25) is 23.9 Å². The predicted molar refractivity (Wildman–Crippen MR) is 185 cm³/mol. The van der Waals surface area contributed by atoms with Crippen molar-refractivity contribution in [1.82, 2.24) is 25.2 Å². The lowest BCUT2D eigenvalue weighted by Gasteiger charge is -2.28. The number of methoxy groups -OCH3 is 1. The summed E-state index contributed by atoms with van der Waals surface area (Å²) in [5, 5.41) is 5.35. The van der Waals surface area contributed by atoms with Gasteiger partial charge in [0.05, 0.1) is 30.1 Å². The fourth-order valence-electron chi connectivity index (χ4n) is 6.31. The van der Waals surface area contributed by atoms with Crippen LogP contribution in [0, 0.1) is 5.92 Å². The fraction of sp³-hybridized carbons (Fsp3) is 0.361. The molecule has 14 heteroatoms. The Morgan fingerprint density at radius 1 is 1.08 bits per heavy atom. The maximum Gasteiger partial charge on any atom is 0.259 e. The Balaban J connectivity index is 1.30. The van der Waals surface area contributed by atoms with Gasteiger partial charge in [0.15, 0.2) is 0 Å². The molecule has 3 N–H and O–H groups in total. The molecule has 2 aromatic carbocycles. The summed E-state index contributed by atoms with van der Waals surface area (Å²) >= 11 is 0. The Morgan fingerprint density at radius 3 is 2.46 bits per heavy atom. The molecule has 0 bridgehead atoms. The zero-order valence-corrected chi connectivity index (χ0v) is 28.6. The number of carbonyl (C=O) groups is 4. The van der Waals surface area contributed by atoms with Gasteiger partial charge in [-0.15, -0.1) is 6.58 Å². The van der Waals surface area contributed by atoms with Crippen LogP contribution in [0.2, 0.25) is 0 Å². The van der Waals surface area contributed by atoms with Crippen molar-refractivity contribution in [2.45, 2.75) is 61.6 Å². The molecule has 4 amide bonds. The molecule has 2 heterocycles. The maximum atomic E-state index is 14.1. The van der Waals surface area contributed by atoms with Gasteiger partial charge >= 0.3 is 0 Å². The molecule has 2 saturated carbocycles. The molecule has 6 rings (SSSR count). The predicted octanol–water partition coefficient (Wildman–Crippen LogP) is 2.62. The molecular weight excluding hydrogens is 662 g/mol. The number of sulfonamides is 1. The number of aromatic nitrogens is 1. The summed E-state index contributed by atoms with van der Waals surface area (Å²) in [7, 11) is -2.32. The molecule has 13 nitrogen and oxygen atoms in total. The van der Waals surface area contributed by atoms with Crippen molar-refractivity contribution in [2.24, 2.45) is 5.92 Å². The van der Waals surface area contributed by atoms with Crippen molar-refractivity contribution in [3.05, 3.63) is 79.9 Å². The van der Waals surface area contributed by atoms with E-state index in [1.54, 1.807) is 25.3 Å². The van der Waals surface area contributed by atoms with Gasteiger partial charge in [0, 0.05) is 35.4 Å². The Labute approximate surface area is 290 Å². The fourth-order valence-corrected chi connectivity index (χ4v) is 7.68. The lowest BCUT2D eigenvalue weighted by atomic mass is 10.1. The molecule has 0 spiro atoms. The number of pyridine rings is 1. The first-order chi connectivity index (χ1) is 23.9. The smallest absolute Gasteiger partial charge is 0.259 e. The molecule has 1 saturated heterocycles. The topological polar surface area (TPSA) is 173 Å². The number of hydrogen-bond acceptors (Lipinski definition) is 9. The molecule has 3 fully saturated rings. The van der Waals surface area contributed by atoms with Crippen LogP contribution in [0.3, 0.4) is 0 Å². The minimum absolute atomic E-state index is 0.0218. The molecule has 2 aliphatic carbocycles. The summed E-state index contributed by atoms with van der Waals surface area (Å²) in [6.07, 6.45) is 2.95. The maximum absolute atomic E-state index is 14.1. The summed E-state index contributed by atoms with van der Waals surface area (Å²) in [4.78, 5) is 59.4. The van der Waals surface area contributed by atoms with Crippen molar-refractivity contribution in [3.8, 4) is 22.8 Å². The van der Waals surface area contributed by atoms with Crippen LogP contribution < -0.4 is 24.8 Å². The molecule has 50 heavy (non-hydrogen) atoms. The largest absolute Gasteiger partial charge is 0.497 e. The van der Waals surface area contributed by atoms with E-state index in [0.717, 1.165) is 11.6 Å². The molecule has 262 valence electrons. The van der Waals surface area contributed by atoms with Crippen LogP contribution in [0.1, 0.15) is 32.6 Å². The summed E-state index contributed by atoms with van der Waals surface area (Å²) in [6.45, 7) is 8.65. The van der Waals surface area contributed by atoms with Gasteiger partial charge in [-0.05, 0) is 44.4 Å². The first-order valence-corrected chi connectivity index (χ1v) is 17.9. The van der Waals surface area contributed by atoms with Crippen LogP contribution >= 0.6 is 0 Å². The van der Waals surface area contributed by atoms with Gasteiger partial charge in [0.1, 0.15) is 35.2 Å². The van der Waals surface area contributed by atoms with Gasteiger partial charge in [0.2, 0.25) is 27.7 Å². The number of fused-ring (bicyclic) bond motifs is 1. The van der Waals surface area contributed by atoms with Gasteiger partial charge in [-0.1, -0.05) is 43.0 Å². The third-order valence-electron chi connectivity index (χ3n) is 9.35. The third-order valence-corrected chi connectivity index (χ3v) is 11.2. The van der Waals surface area contributed by atoms with E-state index >= 15 is 0 Å². The van der Waals surface area contributed by atoms with E-state index in [9.17, 15) is 27.6 Å². The van der Waals surface area contributed by atoms with Crippen LogP contribution in [-0.2, 0) is 29.2 Å². The molecule has 1 aromatic heterocycles. The normalized spacial score (nSPS) is 23.3. The Kier molecular flexibility index (Phi) is 9.40. The number of carbonyl (C=O) groups excluding carboxylic acids is 4. The number of nitrogens with zero attached hydrogens (tertiary/aromatic N) is 2. The highest BCUT2D eigenvalue weighted by Crippen LogP contribution is 2.45. The van der Waals surface area contributed by atoms with Gasteiger partial charge in [0.25, 0.3) is 5.91 Å². The second kappa shape index (κ2) is 13.6. The Bertz CT molecular complexity index is 1980. The number of amides is 4. The quantitative estimate of drug-likeness (QED) is 0.179. The number of benzene rings is 2. The minimum Gasteiger partial charge on any atom is -0.497 e. The molecule has 0 unspecified atom stereocenters. The summed E-state index contributed by atoms with van der Waals surface area (Å²) in [5.41, 5.74) is 0.561. The van der Waals surface area contributed by atoms with E-state index in [4.69, 9.17) is 14.5 Å².